The van der Waals surface area contributed by atoms with E-state index in [-0.39, 0.29) is 0 Å². The molecule has 0 aliphatic rings. The van der Waals surface area contributed by atoms with E-state index in [1.165, 1.54) is 0 Å². The number of aromatic nitrogens is 2. The van der Waals surface area contributed by atoms with Gasteiger partial charge in [-0.15, -0.1) is 5.10 Å². The zero-order valence-electron chi connectivity index (χ0n) is 14.7. The van der Waals surface area contributed by atoms with Crippen molar-refractivity contribution in [3.05, 3.63) is 114 Å². The SMILES string of the molecule is C(=N/N=C(c1ccccc1)c1ccccc1)/c1cn[nH]c1-c1ccccc1. The Balaban J connectivity index is 1.68. The lowest BCUT2D eigenvalue weighted by atomic mass is 10.0. The molecular weight excluding hydrogens is 332 g/mol. The maximum atomic E-state index is 4.52. The predicted molar refractivity (Wildman–Crippen MR) is 110 cm³/mol. The zero-order chi connectivity index (χ0) is 18.3. The Hall–Kier alpha value is -3.79. The van der Waals surface area contributed by atoms with E-state index in [9.17, 15) is 0 Å². The fourth-order valence-electron chi connectivity index (χ4n) is 2.85. The zero-order valence-corrected chi connectivity index (χ0v) is 14.7. The average Bonchev–Trinajstić information content (AvgIpc) is 3.22. The molecule has 0 saturated heterocycles. The Labute approximate surface area is 157 Å². The minimum absolute atomic E-state index is 0.831. The van der Waals surface area contributed by atoms with Crippen molar-refractivity contribution < 1.29 is 0 Å². The van der Waals surface area contributed by atoms with Crippen LogP contribution in [0.2, 0.25) is 0 Å². The quantitative estimate of drug-likeness (QED) is 0.402. The van der Waals surface area contributed by atoms with Gasteiger partial charge in [0.2, 0.25) is 0 Å². The summed E-state index contributed by atoms with van der Waals surface area (Å²) in [4.78, 5) is 0. The lowest BCUT2D eigenvalue weighted by molar-refractivity contribution is 1.10. The van der Waals surface area contributed by atoms with Crippen LogP contribution < -0.4 is 0 Å². The van der Waals surface area contributed by atoms with E-state index in [2.05, 4.69) is 20.4 Å². The van der Waals surface area contributed by atoms with Crippen LogP contribution in [0.1, 0.15) is 16.7 Å². The lowest BCUT2D eigenvalue weighted by Gasteiger charge is -2.05. The number of hydrogen-bond donors (Lipinski definition) is 1. The molecule has 3 aromatic carbocycles. The molecule has 1 N–H and O–H groups in total. The number of rotatable bonds is 5. The minimum atomic E-state index is 0.831. The number of H-pyrrole nitrogens is 1. The number of nitrogens with zero attached hydrogens (tertiary/aromatic N) is 3. The second kappa shape index (κ2) is 8.06. The van der Waals surface area contributed by atoms with Crippen molar-refractivity contribution in [2.75, 3.05) is 0 Å². The molecule has 0 aliphatic heterocycles. The van der Waals surface area contributed by atoms with E-state index in [1.807, 2.05) is 91.0 Å². The molecule has 0 unspecified atom stereocenters. The van der Waals surface area contributed by atoms with Gasteiger partial charge in [-0.25, -0.2) is 0 Å². The van der Waals surface area contributed by atoms with Gasteiger partial charge >= 0.3 is 0 Å². The molecule has 4 heteroatoms. The summed E-state index contributed by atoms with van der Waals surface area (Å²) < 4.78 is 0. The average molecular weight is 350 g/mol. The fraction of sp³-hybridized carbons (Fsp3) is 0. The second-order valence-electron chi connectivity index (χ2n) is 5.99. The van der Waals surface area contributed by atoms with Crippen LogP contribution in [-0.4, -0.2) is 22.1 Å². The molecule has 1 heterocycles. The van der Waals surface area contributed by atoms with Crippen LogP contribution in [-0.2, 0) is 0 Å². The first-order chi connectivity index (χ1) is 13.4. The summed E-state index contributed by atoms with van der Waals surface area (Å²) in [5.74, 6) is 0. The van der Waals surface area contributed by atoms with Crippen LogP contribution in [0.15, 0.2) is 107 Å². The van der Waals surface area contributed by atoms with E-state index in [0.717, 1.165) is 33.7 Å². The molecule has 1 aromatic heterocycles. The highest BCUT2D eigenvalue weighted by molar-refractivity contribution is 6.13. The van der Waals surface area contributed by atoms with Gasteiger partial charge in [0, 0.05) is 22.3 Å². The van der Waals surface area contributed by atoms with Crippen molar-refractivity contribution in [1.82, 2.24) is 10.2 Å². The third kappa shape index (κ3) is 3.90. The first-order valence-electron chi connectivity index (χ1n) is 8.72. The highest BCUT2D eigenvalue weighted by Crippen LogP contribution is 2.19. The van der Waals surface area contributed by atoms with Gasteiger partial charge in [-0.3, -0.25) is 5.10 Å². The van der Waals surface area contributed by atoms with Gasteiger partial charge in [-0.2, -0.15) is 10.2 Å². The molecule has 0 radical (unpaired) electrons. The molecule has 0 bridgehead atoms. The molecule has 0 amide bonds. The van der Waals surface area contributed by atoms with Gasteiger partial charge in [-0.05, 0) is 0 Å². The third-order valence-electron chi connectivity index (χ3n) is 4.18. The Morgan fingerprint density at radius 3 is 1.89 bits per heavy atom. The number of aromatic amines is 1. The van der Waals surface area contributed by atoms with Crippen molar-refractivity contribution >= 4 is 11.9 Å². The highest BCUT2D eigenvalue weighted by atomic mass is 15.2. The van der Waals surface area contributed by atoms with Crippen molar-refractivity contribution in [1.29, 1.82) is 0 Å². The van der Waals surface area contributed by atoms with Crippen molar-refractivity contribution in [2.24, 2.45) is 10.2 Å². The van der Waals surface area contributed by atoms with Crippen LogP contribution in [0.3, 0.4) is 0 Å². The standard InChI is InChI=1S/C23H18N4/c1-4-10-18(11-5-1)22(19-12-6-2-7-13-19)26-24-16-21-17-25-27-23(21)20-14-8-3-9-15-20/h1-17H,(H,25,27)/b24-16-. The summed E-state index contributed by atoms with van der Waals surface area (Å²) in [7, 11) is 0. The largest absolute Gasteiger partial charge is 0.277 e. The summed E-state index contributed by atoms with van der Waals surface area (Å²) in [6, 6.07) is 30.2. The third-order valence-corrected chi connectivity index (χ3v) is 4.18. The first-order valence-corrected chi connectivity index (χ1v) is 8.72. The Morgan fingerprint density at radius 1 is 0.741 bits per heavy atom. The molecule has 0 saturated carbocycles. The molecular formula is C23H18N4. The van der Waals surface area contributed by atoms with Crippen LogP contribution >= 0.6 is 0 Å². The van der Waals surface area contributed by atoms with Gasteiger partial charge in [0.15, 0.2) is 0 Å². The molecule has 0 atom stereocenters. The monoisotopic (exact) mass is 350 g/mol. The van der Waals surface area contributed by atoms with Gasteiger partial charge < -0.3 is 0 Å². The molecule has 0 aliphatic carbocycles. The van der Waals surface area contributed by atoms with Crippen molar-refractivity contribution in [3.8, 4) is 11.3 Å². The normalized spacial score (nSPS) is 10.8. The van der Waals surface area contributed by atoms with E-state index < -0.39 is 0 Å². The topological polar surface area (TPSA) is 53.4 Å². The highest BCUT2D eigenvalue weighted by Gasteiger charge is 2.07. The summed E-state index contributed by atoms with van der Waals surface area (Å²) in [6.07, 6.45) is 3.49. The smallest absolute Gasteiger partial charge is 0.100 e. The summed E-state index contributed by atoms with van der Waals surface area (Å²) in [5.41, 5.74) is 5.76. The maximum Gasteiger partial charge on any atom is 0.100 e. The second-order valence-corrected chi connectivity index (χ2v) is 5.99. The molecule has 0 fully saturated rings. The van der Waals surface area contributed by atoms with E-state index in [0.29, 0.717) is 0 Å². The van der Waals surface area contributed by atoms with Gasteiger partial charge in [-0.1, -0.05) is 91.0 Å². The maximum absolute atomic E-state index is 4.52. The molecule has 4 rings (SSSR count). The van der Waals surface area contributed by atoms with Crippen molar-refractivity contribution in [3.63, 3.8) is 0 Å². The molecule has 4 aromatic rings. The Bertz CT molecular complexity index is 1010. The Kier molecular flexibility index (Phi) is 4.97. The van der Waals surface area contributed by atoms with Crippen LogP contribution in [0.5, 0.6) is 0 Å². The molecule has 27 heavy (non-hydrogen) atoms. The van der Waals surface area contributed by atoms with Gasteiger partial charge in [0.1, 0.15) is 5.71 Å². The Morgan fingerprint density at radius 2 is 1.30 bits per heavy atom. The van der Waals surface area contributed by atoms with Gasteiger partial charge in [0.05, 0.1) is 18.1 Å². The van der Waals surface area contributed by atoms with Gasteiger partial charge in [0.25, 0.3) is 0 Å². The lowest BCUT2D eigenvalue weighted by Crippen LogP contribution is -2.02. The number of hydrogen-bond acceptors (Lipinski definition) is 3. The summed E-state index contributed by atoms with van der Waals surface area (Å²) >= 11 is 0. The minimum Gasteiger partial charge on any atom is -0.277 e. The van der Waals surface area contributed by atoms with E-state index in [4.69, 9.17) is 0 Å². The van der Waals surface area contributed by atoms with Crippen LogP contribution in [0, 0.1) is 0 Å². The molecule has 0 spiro atoms. The summed E-state index contributed by atoms with van der Waals surface area (Å²) in [6.45, 7) is 0. The van der Waals surface area contributed by atoms with E-state index >= 15 is 0 Å². The predicted octanol–water partition coefficient (Wildman–Crippen LogP) is 4.95. The van der Waals surface area contributed by atoms with Crippen LogP contribution in [0.4, 0.5) is 0 Å². The number of nitrogens with one attached hydrogen (secondary N) is 1. The van der Waals surface area contributed by atoms with Crippen molar-refractivity contribution in [2.45, 2.75) is 0 Å². The summed E-state index contributed by atoms with van der Waals surface area (Å²) in [5, 5.41) is 16.1. The van der Waals surface area contributed by atoms with E-state index in [1.54, 1.807) is 12.4 Å². The van der Waals surface area contributed by atoms with Crippen LogP contribution in [0.25, 0.3) is 11.3 Å². The first kappa shape index (κ1) is 16.7. The fourth-order valence-corrected chi connectivity index (χ4v) is 2.85. The number of benzene rings is 3. The molecule has 4 nitrogen and oxygen atoms in total. The molecule has 130 valence electrons.